The number of ether oxygens (including phenoxy) is 1. The molecule has 0 spiro atoms. The van der Waals surface area contributed by atoms with Crippen LogP contribution in [0.2, 0.25) is 0 Å². The van der Waals surface area contributed by atoms with Gasteiger partial charge in [-0.05, 0) is 12.5 Å². The minimum atomic E-state index is -3.57. The molecule has 0 saturated carbocycles. The summed E-state index contributed by atoms with van der Waals surface area (Å²) in [6, 6.07) is 1.41. The predicted octanol–water partition coefficient (Wildman–Crippen LogP) is 0.908. The van der Waals surface area contributed by atoms with E-state index in [1.165, 1.54) is 16.6 Å². The number of nitrogens with one attached hydrogen (secondary N) is 1. The summed E-state index contributed by atoms with van der Waals surface area (Å²) >= 11 is 0. The topological polar surface area (TPSA) is 82.7 Å². The first-order valence-corrected chi connectivity index (χ1v) is 8.92. The molecule has 1 amide bonds. The van der Waals surface area contributed by atoms with Crippen molar-refractivity contribution in [3.8, 4) is 0 Å². The molecule has 1 aliphatic rings. The van der Waals surface area contributed by atoms with Crippen molar-refractivity contribution in [3.05, 3.63) is 18.0 Å². The van der Waals surface area contributed by atoms with Crippen molar-refractivity contribution in [2.45, 2.75) is 24.7 Å². The van der Waals surface area contributed by atoms with Gasteiger partial charge in [0.05, 0.1) is 13.2 Å². The predicted molar refractivity (Wildman–Crippen MR) is 82.2 cm³/mol. The molecule has 0 radical (unpaired) electrons. The van der Waals surface area contributed by atoms with Crippen molar-refractivity contribution in [1.82, 2.24) is 14.2 Å². The first-order chi connectivity index (χ1) is 10.5. The van der Waals surface area contributed by atoms with Crippen LogP contribution in [0.25, 0.3) is 0 Å². The monoisotopic (exact) mass is 329 g/mol. The largest absolute Gasteiger partial charge is 0.379 e. The van der Waals surface area contributed by atoms with E-state index in [1.54, 1.807) is 11.9 Å². The molecule has 1 aromatic heterocycles. The van der Waals surface area contributed by atoms with Crippen LogP contribution in [0.4, 0.5) is 0 Å². The number of aromatic nitrogens is 1. The Balaban J connectivity index is 2.11. The molecule has 1 fully saturated rings. The number of rotatable bonds is 6. The lowest BCUT2D eigenvalue weighted by Crippen LogP contribution is -2.40. The van der Waals surface area contributed by atoms with E-state index in [0.29, 0.717) is 38.5 Å². The van der Waals surface area contributed by atoms with Crippen molar-refractivity contribution in [3.63, 3.8) is 0 Å². The molecule has 0 aliphatic carbocycles. The molecule has 0 bridgehead atoms. The third-order valence-corrected chi connectivity index (χ3v) is 5.56. The molecule has 0 atom stereocenters. The van der Waals surface area contributed by atoms with Crippen LogP contribution in [0.15, 0.2) is 17.2 Å². The minimum absolute atomic E-state index is 0.127. The van der Waals surface area contributed by atoms with Gasteiger partial charge in [-0.1, -0.05) is 13.3 Å². The highest BCUT2D eigenvalue weighted by atomic mass is 32.2. The normalized spacial score (nSPS) is 16.6. The molecule has 124 valence electrons. The lowest BCUT2D eigenvalue weighted by atomic mass is 10.3. The Kier molecular flexibility index (Phi) is 5.60. The summed E-state index contributed by atoms with van der Waals surface area (Å²) in [4.78, 5) is 16.7. The number of amides is 1. The number of morpholine rings is 1. The lowest BCUT2D eigenvalue weighted by molar-refractivity contribution is 0.0730. The Labute approximate surface area is 131 Å². The SMILES string of the molecule is CCCCN(C)C(=O)c1cc(S(=O)(=O)N2CCOCC2)c[nH]1. The highest BCUT2D eigenvalue weighted by Crippen LogP contribution is 2.18. The molecule has 2 rings (SSSR count). The van der Waals surface area contributed by atoms with Gasteiger partial charge in [-0.2, -0.15) is 4.31 Å². The van der Waals surface area contributed by atoms with Gasteiger partial charge in [-0.25, -0.2) is 8.42 Å². The summed E-state index contributed by atoms with van der Waals surface area (Å²) in [5.41, 5.74) is 0.297. The summed E-state index contributed by atoms with van der Waals surface area (Å²) in [6.07, 6.45) is 3.30. The van der Waals surface area contributed by atoms with E-state index in [2.05, 4.69) is 11.9 Å². The van der Waals surface area contributed by atoms with Gasteiger partial charge in [0, 0.05) is 32.9 Å². The standard InChI is InChI=1S/C14H23N3O4S/c1-3-4-5-16(2)14(18)13-10-12(11-15-13)22(19,20)17-6-8-21-9-7-17/h10-11,15H,3-9H2,1-2H3. The molecule has 1 N–H and O–H groups in total. The molecule has 0 unspecified atom stereocenters. The zero-order valence-electron chi connectivity index (χ0n) is 13.0. The van der Waals surface area contributed by atoms with Gasteiger partial charge >= 0.3 is 0 Å². The number of hydrogen-bond acceptors (Lipinski definition) is 4. The van der Waals surface area contributed by atoms with Crippen molar-refractivity contribution < 1.29 is 17.9 Å². The summed E-state index contributed by atoms with van der Waals surface area (Å²) in [5, 5.41) is 0. The zero-order valence-corrected chi connectivity index (χ0v) is 13.9. The summed E-state index contributed by atoms with van der Waals surface area (Å²) in [5.74, 6) is -0.197. The number of H-pyrrole nitrogens is 1. The van der Waals surface area contributed by atoms with Crippen molar-refractivity contribution in [2.24, 2.45) is 0 Å². The van der Waals surface area contributed by atoms with E-state index >= 15 is 0 Å². The van der Waals surface area contributed by atoms with E-state index < -0.39 is 10.0 Å². The molecule has 0 aromatic carbocycles. The Morgan fingerprint density at radius 1 is 1.41 bits per heavy atom. The van der Waals surface area contributed by atoms with Gasteiger partial charge in [-0.15, -0.1) is 0 Å². The average molecular weight is 329 g/mol. The fourth-order valence-corrected chi connectivity index (χ4v) is 3.69. The number of carbonyl (C=O) groups is 1. The molecule has 1 aliphatic heterocycles. The van der Waals surface area contributed by atoms with Crippen LogP contribution in [0.1, 0.15) is 30.3 Å². The quantitative estimate of drug-likeness (QED) is 0.841. The zero-order chi connectivity index (χ0) is 16.2. The number of nitrogens with zero attached hydrogens (tertiary/aromatic N) is 2. The van der Waals surface area contributed by atoms with E-state index in [4.69, 9.17) is 4.74 Å². The second-order valence-electron chi connectivity index (χ2n) is 5.35. The Morgan fingerprint density at radius 2 is 2.09 bits per heavy atom. The number of unbranched alkanes of at least 4 members (excludes halogenated alkanes) is 1. The van der Waals surface area contributed by atoms with Gasteiger partial charge < -0.3 is 14.6 Å². The van der Waals surface area contributed by atoms with Crippen LogP contribution < -0.4 is 0 Å². The summed E-state index contributed by atoms with van der Waals surface area (Å²) in [6.45, 7) is 4.19. The fraction of sp³-hybridized carbons (Fsp3) is 0.643. The molecular weight excluding hydrogens is 306 g/mol. The van der Waals surface area contributed by atoms with Crippen molar-refractivity contribution in [1.29, 1.82) is 0 Å². The van der Waals surface area contributed by atoms with Crippen LogP contribution in [0, 0.1) is 0 Å². The Morgan fingerprint density at radius 3 is 2.73 bits per heavy atom. The highest BCUT2D eigenvalue weighted by Gasteiger charge is 2.28. The van der Waals surface area contributed by atoms with Gasteiger partial charge in [0.15, 0.2) is 0 Å². The molecule has 22 heavy (non-hydrogen) atoms. The lowest BCUT2D eigenvalue weighted by Gasteiger charge is -2.25. The van der Waals surface area contributed by atoms with Gasteiger partial charge in [0.2, 0.25) is 10.0 Å². The number of carbonyl (C=O) groups excluding carboxylic acids is 1. The molecule has 7 nitrogen and oxygen atoms in total. The van der Waals surface area contributed by atoms with Crippen molar-refractivity contribution in [2.75, 3.05) is 39.9 Å². The molecule has 8 heteroatoms. The van der Waals surface area contributed by atoms with Crippen LogP contribution in [-0.4, -0.2) is 68.4 Å². The first kappa shape index (κ1) is 17.0. The maximum Gasteiger partial charge on any atom is 0.270 e. The first-order valence-electron chi connectivity index (χ1n) is 7.48. The third kappa shape index (κ3) is 3.68. The van der Waals surface area contributed by atoms with Crippen LogP contribution in [-0.2, 0) is 14.8 Å². The van der Waals surface area contributed by atoms with Gasteiger partial charge in [0.25, 0.3) is 5.91 Å². The van der Waals surface area contributed by atoms with Crippen LogP contribution in [0.5, 0.6) is 0 Å². The number of sulfonamides is 1. The molecule has 2 heterocycles. The molecular formula is C14H23N3O4S. The molecule has 1 saturated heterocycles. The third-order valence-electron chi connectivity index (χ3n) is 3.69. The maximum absolute atomic E-state index is 12.5. The molecule has 1 aromatic rings. The second kappa shape index (κ2) is 7.26. The highest BCUT2D eigenvalue weighted by molar-refractivity contribution is 7.89. The average Bonchev–Trinajstić information content (AvgIpc) is 3.03. The van der Waals surface area contributed by atoms with E-state index in [-0.39, 0.29) is 10.8 Å². The smallest absolute Gasteiger partial charge is 0.270 e. The van der Waals surface area contributed by atoms with E-state index in [0.717, 1.165) is 12.8 Å². The summed E-state index contributed by atoms with van der Waals surface area (Å²) in [7, 11) is -1.85. The van der Waals surface area contributed by atoms with Crippen LogP contribution >= 0.6 is 0 Å². The Bertz CT molecular complexity index is 605. The maximum atomic E-state index is 12.5. The second-order valence-corrected chi connectivity index (χ2v) is 7.28. The van der Waals surface area contributed by atoms with Crippen molar-refractivity contribution >= 4 is 15.9 Å². The number of hydrogen-bond donors (Lipinski definition) is 1. The minimum Gasteiger partial charge on any atom is -0.379 e. The fourth-order valence-electron chi connectivity index (χ4n) is 2.29. The Hall–Kier alpha value is -1.38. The van der Waals surface area contributed by atoms with Gasteiger partial charge in [-0.3, -0.25) is 4.79 Å². The summed E-state index contributed by atoms with van der Waals surface area (Å²) < 4.78 is 31.5. The van der Waals surface area contributed by atoms with E-state index in [9.17, 15) is 13.2 Å². The van der Waals surface area contributed by atoms with Crippen LogP contribution in [0.3, 0.4) is 0 Å². The van der Waals surface area contributed by atoms with Gasteiger partial charge in [0.1, 0.15) is 10.6 Å². The van der Waals surface area contributed by atoms with E-state index in [1.807, 2.05) is 0 Å². The number of aromatic amines is 1.